The van der Waals surface area contributed by atoms with E-state index in [4.69, 9.17) is 4.74 Å². The molecular weight excluding hydrogens is 262 g/mol. The van der Waals surface area contributed by atoms with Crippen molar-refractivity contribution in [3.63, 3.8) is 0 Å². The summed E-state index contributed by atoms with van der Waals surface area (Å²) in [5.41, 5.74) is 1.68. The van der Waals surface area contributed by atoms with Crippen LogP contribution in [0.2, 0.25) is 0 Å². The number of benzene rings is 1. The molecule has 0 amide bonds. The van der Waals surface area contributed by atoms with Crippen LogP contribution in [0.4, 0.5) is 0 Å². The molecule has 0 N–H and O–H groups in total. The molecule has 100 valence electrons. The van der Waals surface area contributed by atoms with E-state index in [1.807, 2.05) is 0 Å². The predicted molar refractivity (Wildman–Crippen MR) is 72.3 cm³/mol. The Kier molecular flexibility index (Phi) is 4.29. The first-order valence-electron chi connectivity index (χ1n) is 5.81. The van der Waals surface area contributed by atoms with Crippen LogP contribution in [0.3, 0.4) is 0 Å². The van der Waals surface area contributed by atoms with Crippen molar-refractivity contribution in [2.24, 2.45) is 0 Å². The highest BCUT2D eigenvalue weighted by molar-refractivity contribution is 7.90. The van der Waals surface area contributed by atoms with E-state index in [1.165, 1.54) is 0 Å². The van der Waals surface area contributed by atoms with Crippen molar-refractivity contribution in [1.82, 2.24) is 4.98 Å². The number of methoxy groups -OCH3 is 1. The fourth-order valence-electron chi connectivity index (χ4n) is 1.74. The predicted octanol–water partition coefficient (Wildman–Crippen LogP) is 2.20. The van der Waals surface area contributed by atoms with Gasteiger partial charge in [-0.05, 0) is 35.4 Å². The summed E-state index contributed by atoms with van der Waals surface area (Å²) >= 11 is 0. The maximum atomic E-state index is 12.2. The molecule has 1 heterocycles. The van der Waals surface area contributed by atoms with Gasteiger partial charge in [0, 0.05) is 19.5 Å². The molecule has 19 heavy (non-hydrogen) atoms. The maximum absolute atomic E-state index is 12.2. The lowest BCUT2D eigenvalue weighted by Crippen LogP contribution is -2.05. The van der Waals surface area contributed by atoms with Crippen LogP contribution < -0.4 is 0 Å². The highest BCUT2D eigenvalue weighted by atomic mass is 32.2. The van der Waals surface area contributed by atoms with Crippen LogP contribution in [0.5, 0.6) is 0 Å². The van der Waals surface area contributed by atoms with E-state index >= 15 is 0 Å². The van der Waals surface area contributed by atoms with Crippen molar-refractivity contribution in [2.45, 2.75) is 17.3 Å². The van der Waals surface area contributed by atoms with Gasteiger partial charge in [-0.2, -0.15) is 0 Å². The molecule has 0 saturated carbocycles. The third-order valence-electron chi connectivity index (χ3n) is 2.70. The highest BCUT2D eigenvalue weighted by Gasteiger charge is 2.15. The van der Waals surface area contributed by atoms with Crippen LogP contribution in [0.25, 0.3) is 0 Å². The van der Waals surface area contributed by atoms with Gasteiger partial charge >= 0.3 is 0 Å². The first kappa shape index (κ1) is 13.7. The van der Waals surface area contributed by atoms with Gasteiger partial charge in [0.25, 0.3) is 0 Å². The third kappa shape index (κ3) is 3.62. The number of rotatable bonds is 5. The lowest BCUT2D eigenvalue weighted by Gasteiger charge is -2.06. The Morgan fingerprint density at radius 1 is 1.00 bits per heavy atom. The third-order valence-corrected chi connectivity index (χ3v) is 4.40. The van der Waals surface area contributed by atoms with Gasteiger partial charge in [0.05, 0.1) is 17.3 Å². The molecule has 2 rings (SSSR count). The lowest BCUT2D eigenvalue weighted by molar-refractivity contribution is 0.185. The molecule has 0 bridgehead atoms. The number of hydrogen-bond donors (Lipinski definition) is 0. The Hall–Kier alpha value is -1.72. The van der Waals surface area contributed by atoms with Crippen LogP contribution in [0.15, 0.2) is 53.7 Å². The number of pyridine rings is 1. The molecule has 0 spiro atoms. The molecule has 0 saturated heterocycles. The Bertz CT molecular complexity index is 622. The Morgan fingerprint density at radius 2 is 1.63 bits per heavy atom. The molecule has 0 radical (unpaired) electrons. The van der Waals surface area contributed by atoms with E-state index in [0.717, 1.165) is 11.1 Å². The van der Waals surface area contributed by atoms with Gasteiger partial charge in [0.2, 0.25) is 0 Å². The topological polar surface area (TPSA) is 56.3 Å². The Labute approximate surface area is 113 Å². The minimum Gasteiger partial charge on any atom is -0.380 e. The summed E-state index contributed by atoms with van der Waals surface area (Å²) in [5, 5.41) is 0. The number of ether oxygens (including phenoxy) is 1. The molecule has 4 nitrogen and oxygen atoms in total. The molecule has 2 aromatic rings. The standard InChI is InChI=1S/C14H15NO3S/c1-18-10-12-2-4-14(5-3-12)19(16,17)11-13-6-8-15-9-7-13/h2-9H,10-11H2,1H3. The largest absolute Gasteiger partial charge is 0.380 e. The molecule has 1 aromatic heterocycles. The molecule has 0 aliphatic rings. The van der Waals surface area contributed by atoms with E-state index in [1.54, 1.807) is 55.9 Å². The summed E-state index contributed by atoms with van der Waals surface area (Å²) in [6.07, 6.45) is 3.18. The first-order valence-corrected chi connectivity index (χ1v) is 7.46. The van der Waals surface area contributed by atoms with Gasteiger partial charge in [-0.15, -0.1) is 0 Å². The smallest absolute Gasteiger partial charge is 0.182 e. The van der Waals surface area contributed by atoms with Crippen LogP contribution in [-0.4, -0.2) is 20.5 Å². The van der Waals surface area contributed by atoms with Crippen molar-refractivity contribution in [3.8, 4) is 0 Å². The molecule has 0 fully saturated rings. The van der Waals surface area contributed by atoms with Crippen LogP contribution >= 0.6 is 0 Å². The molecule has 0 unspecified atom stereocenters. The van der Waals surface area contributed by atoms with Crippen LogP contribution in [0.1, 0.15) is 11.1 Å². The van der Waals surface area contributed by atoms with Gasteiger partial charge in [0.15, 0.2) is 9.84 Å². The van der Waals surface area contributed by atoms with Gasteiger partial charge < -0.3 is 4.74 Å². The molecule has 0 aliphatic heterocycles. The zero-order valence-electron chi connectivity index (χ0n) is 10.6. The molecule has 0 aliphatic carbocycles. The summed E-state index contributed by atoms with van der Waals surface area (Å²) in [4.78, 5) is 4.19. The zero-order chi connectivity index (χ0) is 13.7. The highest BCUT2D eigenvalue weighted by Crippen LogP contribution is 2.17. The van der Waals surface area contributed by atoms with E-state index in [2.05, 4.69) is 4.98 Å². The van der Waals surface area contributed by atoms with Crippen molar-refractivity contribution >= 4 is 9.84 Å². The molecular formula is C14H15NO3S. The minimum atomic E-state index is -3.31. The monoisotopic (exact) mass is 277 g/mol. The Balaban J connectivity index is 2.20. The van der Waals surface area contributed by atoms with Crippen molar-refractivity contribution < 1.29 is 13.2 Å². The Morgan fingerprint density at radius 3 is 2.21 bits per heavy atom. The number of hydrogen-bond acceptors (Lipinski definition) is 4. The second kappa shape index (κ2) is 5.95. The maximum Gasteiger partial charge on any atom is 0.182 e. The first-order chi connectivity index (χ1) is 9.12. The van der Waals surface area contributed by atoms with Crippen molar-refractivity contribution in [1.29, 1.82) is 0 Å². The summed E-state index contributed by atoms with van der Waals surface area (Å²) < 4.78 is 29.4. The summed E-state index contributed by atoms with van der Waals surface area (Å²) in [7, 11) is -1.71. The quantitative estimate of drug-likeness (QED) is 0.840. The van der Waals surface area contributed by atoms with Crippen molar-refractivity contribution in [3.05, 3.63) is 59.9 Å². The summed E-state index contributed by atoms with van der Waals surface area (Å²) in [6.45, 7) is 0.477. The second-order valence-electron chi connectivity index (χ2n) is 4.19. The molecule has 0 atom stereocenters. The molecule has 1 aromatic carbocycles. The van der Waals surface area contributed by atoms with Gasteiger partial charge in [-0.25, -0.2) is 8.42 Å². The zero-order valence-corrected chi connectivity index (χ0v) is 11.4. The molecule has 5 heteroatoms. The summed E-state index contributed by atoms with van der Waals surface area (Å²) in [6, 6.07) is 10.2. The number of nitrogens with zero attached hydrogens (tertiary/aromatic N) is 1. The average molecular weight is 277 g/mol. The van der Waals surface area contributed by atoms with Crippen molar-refractivity contribution in [2.75, 3.05) is 7.11 Å². The van der Waals surface area contributed by atoms with E-state index < -0.39 is 9.84 Å². The van der Waals surface area contributed by atoms with E-state index in [9.17, 15) is 8.42 Å². The van der Waals surface area contributed by atoms with Gasteiger partial charge in [-0.1, -0.05) is 12.1 Å². The summed E-state index contributed by atoms with van der Waals surface area (Å²) in [5.74, 6) is -0.0147. The normalized spacial score (nSPS) is 11.4. The van der Waals surface area contributed by atoms with E-state index in [-0.39, 0.29) is 5.75 Å². The minimum absolute atomic E-state index is 0.0147. The average Bonchev–Trinajstić information content (AvgIpc) is 2.40. The second-order valence-corrected chi connectivity index (χ2v) is 6.18. The van der Waals surface area contributed by atoms with Crippen LogP contribution in [-0.2, 0) is 26.9 Å². The SMILES string of the molecule is COCc1ccc(S(=O)(=O)Cc2ccncc2)cc1. The number of sulfone groups is 1. The lowest BCUT2D eigenvalue weighted by atomic mass is 10.2. The van der Waals surface area contributed by atoms with Crippen LogP contribution in [0, 0.1) is 0 Å². The fraction of sp³-hybridized carbons (Fsp3) is 0.214. The van der Waals surface area contributed by atoms with E-state index in [0.29, 0.717) is 11.5 Å². The van der Waals surface area contributed by atoms with Gasteiger partial charge in [-0.3, -0.25) is 4.98 Å². The fourth-order valence-corrected chi connectivity index (χ4v) is 3.09. The number of aromatic nitrogens is 1. The van der Waals surface area contributed by atoms with Gasteiger partial charge in [0.1, 0.15) is 0 Å².